The lowest BCUT2D eigenvalue weighted by Gasteiger charge is -2.09. The van der Waals surface area contributed by atoms with Gasteiger partial charge in [-0.3, -0.25) is 4.79 Å². The molecule has 3 aromatic rings. The second-order valence-corrected chi connectivity index (χ2v) is 6.38. The molecule has 2 aromatic heterocycles. The normalized spacial score (nSPS) is 11.8. The molecule has 0 fully saturated rings. The van der Waals surface area contributed by atoms with E-state index < -0.39 is 11.7 Å². The third-order valence-corrected chi connectivity index (χ3v) is 4.32. The first-order valence-electron chi connectivity index (χ1n) is 7.55. The van der Waals surface area contributed by atoms with Crippen LogP contribution in [0.2, 0.25) is 0 Å². The first-order chi connectivity index (χ1) is 11.9. The number of halogens is 3. The van der Waals surface area contributed by atoms with Gasteiger partial charge in [0.15, 0.2) is 0 Å². The Labute approximate surface area is 144 Å². The summed E-state index contributed by atoms with van der Waals surface area (Å²) in [5.74, 6) is 0.0628. The molecular weight excluding hydrogens is 355 g/mol. The predicted molar refractivity (Wildman–Crippen MR) is 86.9 cm³/mol. The number of aromatic nitrogens is 3. The largest absolute Gasteiger partial charge is 0.487 e. The maximum Gasteiger partial charge on any atom is 0.416 e. The van der Waals surface area contributed by atoms with E-state index in [0.29, 0.717) is 10.7 Å². The zero-order valence-corrected chi connectivity index (χ0v) is 14.0. The standard InChI is InChI=1S/C16H14F3N3O2S/c1-2-4-13-21-22-14(23)8-11(20-15(22)25-13)9-24-12-6-3-5-10(7-12)16(17,18)19/h3,5-8H,2,4,9H2,1H3. The van der Waals surface area contributed by atoms with Crippen molar-refractivity contribution in [2.24, 2.45) is 0 Å². The highest BCUT2D eigenvalue weighted by Crippen LogP contribution is 2.31. The van der Waals surface area contributed by atoms with Crippen molar-refractivity contribution in [1.29, 1.82) is 0 Å². The molecule has 5 nitrogen and oxygen atoms in total. The van der Waals surface area contributed by atoms with Crippen LogP contribution in [0.15, 0.2) is 35.1 Å². The van der Waals surface area contributed by atoms with E-state index in [9.17, 15) is 18.0 Å². The molecule has 25 heavy (non-hydrogen) atoms. The van der Waals surface area contributed by atoms with Gasteiger partial charge in [-0.15, -0.1) is 0 Å². The Hall–Kier alpha value is -2.42. The van der Waals surface area contributed by atoms with Crippen LogP contribution in [0.4, 0.5) is 13.2 Å². The minimum atomic E-state index is -4.44. The molecule has 0 aliphatic carbocycles. The zero-order valence-electron chi connectivity index (χ0n) is 13.2. The number of nitrogens with zero attached hydrogens (tertiary/aromatic N) is 3. The summed E-state index contributed by atoms with van der Waals surface area (Å²) in [4.78, 5) is 16.8. The minimum absolute atomic E-state index is 0.0628. The van der Waals surface area contributed by atoms with E-state index in [1.54, 1.807) is 0 Å². The van der Waals surface area contributed by atoms with Gasteiger partial charge in [0.2, 0.25) is 4.96 Å². The molecule has 0 N–H and O–H groups in total. The summed E-state index contributed by atoms with van der Waals surface area (Å²) in [6.07, 6.45) is -2.78. The highest BCUT2D eigenvalue weighted by molar-refractivity contribution is 7.16. The lowest BCUT2D eigenvalue weighted by Crippen LogP contribution is -2.16. The highest BCUT2D eigenvalue weighted by Gasteiger charge is 2.30. The number of rotatable bonds is 5. The second-order valence-electron chi connectivity index (χ2n) is 5.34. The summed E-state index contributed by atoms with van der Waals surface area (Å²) in [5.41, 5.74) is -0.791. The van der Waals surface area contributed by atoms with Crippen LogP contribution in [0.25, 0.3) is 4.96 Å². The number of hydrogen-bond donors (Lipinski definition) is 0. The lowest BCUT2D eigenvalue weighted by molar-refractivity contribution is -0.137. The lowest BCUT2D eigenvalue weighted by atomic mass is 10.2. The Balaban J connectivity index is 1.80. The molecule has 0 saturated carbocycles. The van der Waals surface area contributed by atoms with Gasteiger partial charge in [0, 0.05) is 12.5 Å². The molecule has 0 bridgehead atoms. The van der Waals surface area contributed by atoms with E-state index in [4.69, 9.17) is 4.74 Å². The molecule has 132 valence electrons. The monoisotopic (exact) mass is 369 g/mol. The van der Waals surface area contributed by atoms with E-state index in [1.807, 2.05) is 6.92 Å². The summed E-state index contributed by atoms with van der Waals surface area (Å²) >= 11 is 1.31. The van der Waals surface area contributed by atoms with Crippen molar-refractivity contribution in [2.75, 3.05) is 0 Å². The van der Waals surface area contributed by atoms with Gasteiger partial charge < -0.3 is 4.74 Å². The molecular formula is C16H14F3N3O2S. The quantitative estimate of drug-likeness (QED) is 0.688. The number of benzene rings is 1. The number of aryl methyl sites for hydroxylation is 1. The smallest absolute Gasteiger partial charge is 0.416 e. The van der Waals surface area contributed by atoms with E-state index in [0.717, 1.165) is 30.0 Å². The molecule has 9 heteroatoms. The highest BCUT2D eigenvalue weighted by atomic mass is 32.1. The van der Waals surface area contributed by atoms with Gasteiger partial charge in [0.25, 0.3) is 5.56 Å². The molecule has 0 aliphatic rings. The summed E-state index contributed by atoms with van der Waals surface area (Å²) in [6, 6.07) is 5.85. The third kappa shape index (κ3) is 3.98. The average Bonchev–Trinajstić information content (AvgIpc) is 2.96. The number of hydrogen-bond acceptors (Lipinski definition) is 5. The van der Waals surface area contributed by atoms with Crippen molar-refractivity contribution < 1.29 is 17.9 Å². The van der Waals surface area contributed by atoms with Gasteiger partial charge in [0.1, 0.15) is 17.4 Å². The fraction of sp³-hybridized carbons (Fsp3) is 0.312. The molecule has 0 saturated heterocycles. The fourth-order valence-electron chi connectivity index (χ4n) is 2.20. The van der Waals surface area contributed by atoms with E-state index in [1.165, 1.54) is 34.1 Å². The zero-order chi connectivity index (χ0) is 18.0. The molecule has 0 unspecified atom stereocenters. The summed E-state index contributed by atoms with van der Waals surface area (Å²) in [7, 11) is 0. The van der Waals surface area contributed by atoms with Crippen molar-refractivity contribution in [1.82, 2.24) is 14.6 Å². The fourth-order valence-corrected chi connectivity index (χ4v) is 3.22. The maximum absolute atomic E-state index is 12.7. The van der Waals surface area contributed by atoms with Crippen LogP contribution in [-0.2, 0) is 19.2 Å². The van der Waals surface area contributed by atoms with Gasteiger partial charge in [-0.25, -0.2) is 4.98 Å². The van der Waals surface area contributed by atoms with Crippen molar-refractivity contribution >= 4 is 16.3 Å². The Morgan fingerprint density at radius 1 is 1.28 bits per heavy atom. The SMILES string of the molecule is CCCc1nn2c(=O)cc(COc3cccc(C(F)(F)F)c3)nc2s1. The number of alkyl halides is 3. The molecule has 0 spiro atoms. The maximum atomic E-state index is 12.7. The molecule has 0 amide bonds. The van der Waals surface area contributed by atoms with Crippen LogP contribution in [-0.4, -0.2) is 14.6 Å². The van der Waals surface area contributed by atoms with Gasteiger partial charge >= 0.3 is 6.18 Å². The van der Waals surface area contributed by atoms with E-state index in [2.05, 4.69) is 10.1 Å². The van der Waals surface area contributed by atoms with Crippen LogP contribution >= 0.6 is 11.3 Å². The average molecular weight is 369 g/mol. The van der Waals surface area contributed by atoms with Crippen molar-refractivity contribution in [3.05, 3.63) is 57.0 Å². The molecule has 0 atom stereocenters. The molecule has 0 aliphatic heterocycles. The predicted octanol–water partition coefficient (Wildman–Crippen LogP) is 3.70. The number of ether oxygens (including phenoxy) is 1. The minimum Gasteiger partial charge on any atom is -0.487 e. The molecule has 3 rings (SSSR count). The Morgan fingerprint density at radius 2 is 2.08 bits per heavy atom. The topological polar surface area (TPSA) is 56.5 Å². The Kier molecular flexibility index (Phi) is 4.76. The van der Waals surface area contributed by atoms with Gasteiger partial charge in [-0.2, -0.15) is 22.8 Å². The van der Waals surface area contributed by atoms with Gasteiger partial charge in [0.05, 0.1) is 11.3 Å². The second kappa shape index (κ2) is 6.83. The Bertz CT molecular complexity index is 950. The van der Waals surface area contributed by atoms with Crippen LogP contribution in [0.5, 0.6) is 5.75 Å². The molecule has 0 radical (unpaired) electrons. The molecule has 1 aromatic carbocycles. The van der Waals surface area contributed by atoms with Crippen LogP contribution in [0.3, 0.4) is 0 Å². The van der Waals surface area contributed by atoms with Crippen molar-refractivity contribution in [2.45, 2.75) is 32.5 Å². The van der Waals surface area contributed by atoms with Crippen molar-refractivity contribution in [3.8, 4) is 5.75 Å². The van der Waals surface area contributed by atoms with Gasteiger partial charge in [-0.05, 0) is 24.6 Å². The third-order valence-electron chi connectivity index (χ3n) is 3.35. The van der Waals surface area contributed by atoms with Crippen LogP contribution < -0.4 is 10.3 Å². The van der Waals surface area contributed by atoms with Crippen LogP contribution in [0.1, 0.15) is 29.6 Å². The van der Waals surface area contributed by atoms with Crippen molar-refractivity contribution in [3.63, 3.8) is 0 Å². The summed E-state index contributed by atoms with van der Waals surface area (Å²) in [6.45, 7) is 1.91. The first-order valence-corrected chi connectivity index (χ1v) is 8.37. The Morgan fingerprint density at radius 3 is 2.80 bits per heavy atom. The van der Waals surface area contributed by atoms with E-state index in [-0.39, 0.29) is 17.9 Å². The summed E-state index contributed by atoms with van der Waals surface area (Å²) < 4.78 is 44.7. The van der Waals surface area contributed by atoms with E-state index >= 15 is 0 Å². The van der Waals surface area contributed by atoms with Crippen LogP contribution in [0, 0.1) is 0 Å². The first kappa shape index (κ1) is 17.4. The number of fused-ring (bicyclic) bond motifs is 1. The molecule has 2 heterocycles. The summed E-state index contributed by atoms with van der Waals surface area (Å²) in [5, 5.41) is 5.00. The van der Waals surface area contributed by atoms with Gasteiger partial charge in [-0.1, -0.05) is 24.3 Å².